The number of hydrogen-bond donors (Lipinski definition) is 2. The van der Waals surface area contributed by atoms with Gasteiger partial charge in [-0.1, -0.05) is 24.3 Å². The Morgan fingerprint density at radius 3 is 2.57 bits per heavy atom. The third-order valence-corrected chi connectivity index (χ3v) is 5.77. The van der Waals surface area contributed by atoms with E-state index in [1.165, 1.54) is 0 Å². The minimum Gasteiger partial charge on any atom is -0.451 e. The fourth-order valence-electron chi connectivity index (χ4n) is 3.96. The van der Waals surface area contributed by atoms with Crippen molar-refractivity contribution >= 4 is 28.4 Å². The molecule has 2 N–H and O–H groups in total. The normalized spacial score (nSPS) is 14.6. The molecule has 6 rings (SSSR count). The highest BCUT2D eigenvalue weighted by atomic mass is 19.3. The van der Waals surface area contributed by atoms with Gasteiger partial charge in [-0.2, -0.15) is 5.10 Å². The first-order valence-electron chi connectivity index (χ1n) is 10.8. The van der Waals surface area contributed by atoms with E-state index in [1.807, 2.05) is 36.5 Å². The predicted molar refractivity (Wildman–Crippen MR) is 125 cm³/mol. The Hall–Kier alpha value is -4.60. The Morgan fingerprint density at radius 1 is 1.03 bits per heavy atom. The number of furan rings is 1. The van der Waals surface area contributed by atoms with Crippen molar-refractivity contribution in [3.05, 3.63) is 78.9 Å². The molecule has 0 atom stereocenters. The highest BCUT2D eigenvalue weighted by molar-refractivity contribution is 5.97. The van der Waals surface area contributed by atoms with Crippen LogP contribution in [-0.2, 0) is 0 Å². The minimum atomic E-state index is -2.83. The topological polar surface area (TPSA) is 99.9 Å². The van der Waals surface area contributed by atoms with Crippen LogP contribution >= 0.6 is 0 Å². The van der Waals surface area contributed by atoms with Crippen molar-refractivity contribution in [3.63, 3.8) is 0 Å². The number of rotatable bonds is 5. The van der Waals surface area contributed by atoms with E-state index in [4.69, 9.17) is 4.42 Å². The van der Waals surface area contributed by atoms with Crippen LogP contribution < -0.4 is 5.32 Å². The SMILES string of the molecule is O=C(c1cc2ccc(-c3nccc(Nc4ccc(-c5cn[nH]c5)cc4)n3)cc2o1)N1CC(F)(F)C1. The maximum absolute atomic E-state index is 13.1. The molecule has 8 nitrogen and oxygen atoms in total. The number of halogens is 2. The zero-order valence-electron chi connectivity index (χ0n) is 18.2. The second kappa shape index (κ2) is 8.01. The number of nitrogens with zero attached hydrogens (tertiary/aromatic N) is 4. The molecular weight excluding hydrogens is 454 g/mol. The van der Waals surface area contributed by atoms with E-state index < -0.39 is 24.9 Å². The number of carbonyl (C=O) groups is 1. The Labute approximate surface area is 197 Å². The quantitative estimate of drug-likeness (QED) is 0.369. The highest BCUT2D eigenvalue weighted by Gasteiger charge is 2.47. The molecule has 0 aliphatic carbocycles. The molecule has 0 saturated carbocycles. The Morgan fingerprint density at radius 2 is 1.83 bits per heavy atom. The number of fused-ring (bicyclic) bond motifs is 1. The van der Waals surface area contributed by atoms with Gasteiger partial charge in [0.1, 0.15) is 11.4 Å². The number of carbonyl (C=O) groups excluding carboxylic acids is 1. The van der Waals surface area contributed by atoms with E-state index in [0.717, 1.165) is 21.7 Å². The number of anilines is 2. The summed E-state index contributed by atoms with van der Waals surface area (Å²) >= 11 is 0. The first kappa shape index (κ1) is 21.0. The number of hydrogen-bond acceptors (Lipinski definition) is 6. The lowest BCUT2D eigenvalue weighted by Crippen LogP contribution is -2.58. The number of likely N-dealkylation sites (tertiary alicyclic amines) is 1. The van der Waals surface area contributed by atoms with E-state index in [0.29, 0.717) is 28.2 Å². The smallest absolute Gasteiger partial charge is 0.290 e. The van der Waals surface area contributed by atoms with Gasteiger partial charge in [0.15, 0.2) is 11.6 Å². The summed E-state index contributed by atoms with van der Waals surface area (Å²) in [6.45, 7) is -1.18. The molecule has 3 aromatic heterocycles. The number of amides is 1. The first-order chi connectivity index (χ1) is 16.9. The number of alkyl halides is 2. The molecular formula is C25H18F2N6O2. The van der Waals surface area contributed by atoms with Crippen LogP contribution in [0.2, 0.25) is 0 Å². The molecule has 5 aromatic rings. The molecule has 0 spiro atoms. The van der Waals surface area contributed by atoms with Crippen LogP contribution in [0, 0.1) is 0 Å². The Balaban J connectivity index is 1.21. The van der Waals surface area contributed by atoms with E-state index in [9.17, 15) is 13.6 Å². The van der Waals surface area contributed by atoms with Crippen LogP contribution in [0.25, 0.3) is 33.5 Å². The molecule has 1 aliphatic heterocycles. The summed E-state index contributed by atoms with van der Waals surface area (Å²) in [5.74, 6) is -2.26. The van der Waals surface area contributed by atoms with Gasteiger partial charge in [0.05, 0.1) is 19.3 Å². The van der Waals surface area contributed by atoms with Crippen LogP contribution in [0.1, 0.15) is 10.6 Å². The Kier molecular flexibility index (Phi) is 4.80. The zero-order chi connectivity index (χ0) is 24.0. The third-order valence-electron chi connectivity index (χ3n) is 5.77. The summed E-state index contributed by atoms with van der Waals surface area (Å²) < 4.78 is 31.9. The molecule has 1 saturated heterocycles. The van der Waals surface area contributed by atoms with Crippen molar-refractivity contribution < 1.29 is 18.0 Å². The van der Waals surface area contributed by atoms with Crippen molar-refractivity contribution in [2.45, 2.75) is 5.92 Å². The third kappa shape index (κ3) is 4.10. The van der Waals surface area contributed by atoms with Crippen LogP contribution in [0.15, 0.2) is 77.6 Å². The maximum atomic E-state index is 13.1. The average molecular weight is 472 g/mol. The summed E-state index contributed by atoms with van der Waals surface area (Å²) in [7, 11) is 0. The number of benzene rings is 2. The predicted octanol–water partition coefficient (Wildman–Crippen LogP) is 5.11. The van der Waals surface area contributed by atoms with Crippen molar-refractivity contribution in [2.75, 3.05) is 18.4 Å². The number of aromatic nitrogens is 4. The number of aromatic amines is 1. The number of H-pyrrole nitrogens is 1. The largest absolute Gasteiger partial charge is 0.451 e. The first-order valence-corrected chi connectivity index (χ1v) is 10.8. The summed E-state index contributed by atoms with van der Waals surface area (Å²) in [4.78, 5) is 22.4. The molecule has 0 radical (unpaired) electrons. The summed E-state index contributed by atoms with van der Waals surface area (Å²) in [5.41, 5.74) is 4.06. The molecule has 1 aliphatic rings. The lowest BCUT2D eigenvalue weighted by molar-refractivity contribution is -0.113. The molecule has 1 fully saturated rings. The van der Waals surface area contributed by atoms with E-state index >= 15 is 0 Å². The van der Waals surface area contributed by atoms with Crippen LogP contribution in [0.3, 0.4) is 0 Å². The van der Waals surface area contributed by atoms with Gasteiger partial charge in [-0.25, -0.2) is 18.7 Å². The fourth-order valence-corrected chi connectivity index (χ4v) is 3.96. The zero-order valence-corrected chi connectivity index (χ0v) is 18.2. The summed E-state index contributed by atoms with van der Waals surface area (Å²) in [6.07, 6.45) is 5.24. The highest BCUT2D eigenvalue weighted by Crippen LogP contribution is 2.31. The van der Waals surface area contributed by atoms with Gasteiger partial charge in [-0.15, -0.1) is 0 Å². The van der Waals surface area contributed by atoms with Crippen LogP contribution in [0.4, 0.5) is 20.3 Å². The molecule has 2 aromatic carbocycles. The fraction of sp³-hybridized carbons (Fsp3) is 0.120. The van der Waals surface area contributed by atoms with Crippen LogP contribution in [-0.4, -0.2) is 50.0 Å². The van der Waals surface area contributed by atoms with Gasteiger partial charge >= 0.3 is 0 Å². The molecule has 10 heteroatoms. The number of nitrogens with one attached hydrogen (secondary N) is 2. The molecule has 35 heavy (non-hydrogen) atoms. The molecule has 4 heterocycles. The Bertz CT molecular complexity index is 1520. The summed E-state index contributed by atoms with van der Waals surface area (Å²) in [6, 6.07) is 16.5. The van der Waals surface area contributed by atoms with Gasteiger partial charge in [0.2, 0.25) is 0 Å². The van der Waals surface area contributed by atoms with E-state index in [-0.39, 0.29) is 5.76 Å². The average Bonchev–Trinajstić information content (AvgIpc) is 3.52. The van der Waals surface area contributed by atoms with Crippen LogP contribution in [0.5, 0.6) is 0 Å². The minimum absolute atomic E-state index is 0.0304. The molecule has 0 bridgehead atoms. The van der Waals surface area contributed by atoms with Crippen molar-refractivity contribution in [1.82, 2.24) is 25.1 Å². The lowest BCUT2D eigenvalue weighted by atomic mass is 10.1. The van der Waals surface area contributed by atoms with Gasteiger partial charge < -0.3 is 14.6 Å². The molecule has 0 unspecified atom stereocenters. The van der Waals surface area contributed by atoms with Gasteiger partial charge in [-0.3, -0.25) is 9.89 Å². The molecule has 1 amide bonds. The van der Waals surface area contributed by atoms with E-state index in [1.54, 1.807) is 36.7 Å². The monoisotopic (exact) mass is 472 g/mol. The lowest BCUT2D eigenvalue weighted by Gasteiger charge is -2.37. The van der Waals surface area contributed by atoms with Gasteiger partial charge in [0.25, 0.3) is 11.8 Å². The van der Waals surface area contributed by atoms with Gasteiger partial charge in [-0.05, 0) is 35.9 Å². The van der Waals surface area contributed by atoms with Crippen molar-refractivity contribution in [1.29, 1.82) is 0 Å². The second-order valence-corrected chi connectivity index (χ2v) is 8.34. The van der Waals surface area contributed by atoms with Crippen molar-refractivity contribution in [3.8, 4) is 22.5 Å². The second-order valence-electron chi connectivity index (χ2n) is 8.34. The van der Waals surface area contributed by atoms with Crippen molar-refractivity contribution in [2.24, 2.45) is 0 Å². The van der Waals surface area contributed by atoms with Gasteiger partial charge in [0, 0.05) is 34.6 Å². The maximum Gasteiger partial charge on any atom is 0.290 e. The van der Waals surface area contributed by atoms with E-state index in [2.05, 4.69) is 25.5 Å². The molecule has 174 valence electrons. The summed E-state index contributed by atoms with van der Waals surface area (Å²) in [5, 5.41) is 10.7. The standard InChI is InChI=1S/C25H18F2N6O2/c26-25(27)13-33(14-25)24(34)21-9-16-1-2-17(10-20(16)35-21)23-28-8-7-22(32-23)31-19-5-3-15(4-6-19)18-11-29-30-12-18/h1-12H,13-14H2,(H,29,30)(H,28,31,32).